The zero-order chi connectivity index (χ0) is 30.5. The predicted molar refractivity (Wildman–Crippen MR) is 164 cm³/mol. The van der Waals surface area contributed by atoms with E-state index < -0.39 is 10.1 Å². The fraction of sp³-hybridized carbons (Fsp3) is 0.424. The summed E-state index contributed by atoms with van der Waals surface area (Å²) in [5, 5.41) is 0. The summed E-state index contributed by atoms with van der Waals surface area (Å²) < 4.78 is 43.4. The van der Waals surface area contributed by atoms with Crippen molar-refractivity contribution in [1.29, 1.82) is 0 Å². The van der Waals surface area contributed by atoms with Crippen LogP contribution in [0.5, 0.6) is 5.75 Å². The van der Waals surface area contributed by atoms with Crippen LogP contribution in [-0.2, 0) is 37.4 Å². The number of morpholine rings is 1. The second-order valence-electron chi connectivity index (χ2n) is 11.0. The van der Waals surface area contributed by atoms with Crippen molar-refractivity contribution in [2.45, 2.75) is 45.8 Å². The number of hydrogen-bond donors (Lipinski definition) is 1. The maximum Gasteiger partial charge on any atom is 0.313 e. The third-order valence-electron chi connectivity index (χ3n) is 6.78. The van der Waals surface area contributed by atoms with E-state index in [-0.39, 0.29) is 18.0 Å². The van der Waals surface area contributed by atoms with E-state index in [1.165, 1.54) is 5.56 Å². The zero-order valence-corrected chi connectivity index (χ0v) is 25.8. The molecule has 3 aromatic rings. The van der Waals surface area contributed by atoms with E-state index in [1.807, 2.05) is 49.4 Å². The number of hydrogen-bond acceptors (Lipinski definition) is 7. The van der Waals surface area contributed by atoms with Gasteiger partial charge >= 0.3 is 5.97 Å². The minimum Gasteiger partial charge on any atom is -0.489 e. The summed E-state index contributed by atoms with van der Waals surface area (Å²) in [7, 11) is -3.67. The average molecular weight is 598 g/mol. The number of ether oxygens (including phenoxy) is 3. The number of esters is 1. The molecule has 42 heavy (non-hydrogen) atoms. The van der Waals surface area contributed by atoms with Gasteiger partial charge in [0, 0.05) is 19.6 Å². The third-order valence-corrected chi connectivity index (χ3v) is 6.78. The summed E-state index contributed by atoms with van der Waals surface area (Å²) in [5.74, 6) is 1.02. The Kier molecular flexibility index (Phi) is 13.0. The Bertz CT molecular complexity index is 1320. The Labute approximate surface area is 250 Å². The second kappa shape index (κ2) is 16.4. The SMILES string of the molecule is CC(C)Cc1ccc(C(C)C(=O)OCCN2CCOC(c3ccc(OCc4ccccc4)cc3)C2)cc1.CS(=O)(=O)O. The molecule has 0 saturated carbocycles. The zero-order valence-electron chi connectivity index (χ0n) is 24.9. The van der Waals surface area contributed by atoms with E-state index in [4.69, 9.17) is 18.8 Å². The number of nitrogens with zero attached hydrogens (tertiary/aromatic N) is 1. The van der Waals surface area contributed by atoms with E-state index in [0.29, 0.717) is 38.5 Å². The highest BCUT2D eigenvalue weighted by Crippen LogP contribution is 2.25. The summed E-state index contributed by atoms with van der Waals surface area (Å²) in [6.45, 7) is 10.2. The Morgan fingerprint density at radius 1 is 0.976 bits per heavy atom. The van der Waals surface area contributed by atoms with Crippen LogP contribution in [0.4, 0.5) is 0 Å². The Hall–Kier alpha value is -3.24. The fourth-order valence-electron chi connectivity index (χ4n) is 4.58. The van der Waals surface area contributed by atoms with Crippen LogP contribution in [0.15, 0.2) is 78.9 Å². The first kappa shape index (κ1) is 33.3. The van der Waals surface area contributed by atoms with Gasteiger partial charge < -0.3 is 14.2 Å². The summed E-state index contributed by atoms with van der Waals surface area (Å²) in [6, 6.07) is 26.6. The van der Waals surface area contributed by atoms with Gasteiger partial charge in [0.15, 0.2) is 0 Å². The van der Waals surface area contributed by atoms with Gasteiger partial charge in [-0.1, -0.05) is 80.6 Å². The molecule has 1 N–H and O–H groups in total. The van der Waals surface area contributed by atoms with Gasteiger partial charge in [0.1, 0.15) is 19.0 Å². The fourth-order valence-corrected chi connectivity index (χ4v) is 4.58. The molecule has 1 aliphatic heterocycles. The van der Waals surface area contributed by atoms with E-state index in [2.05, 4.69) is 55.1 Å². The topological polar surface area (TPSA) is 102 Å². The monoisotopic (exact) mass is 597 g/mol. The molecule has 3 aromatic carbocycles. The molecule has 9 heteroatoms. The first-order valence-corrected chi connectivity index (χ1v) is 16.1. The van der Waals surface area contributed by atoms with Gasteiger partial charge in [-0.25, -0.2) is 0 Å². The van der Waals surface area contributed by atoms with E-state index in [1.54, 1.807) is 0 Å². The quantitative estimate of drug-likeness (QED) is 0.222. The molecule has 1 heterocycles. The van der Waals surface area contributed by atoms with Crippen molar-refractivity contribution in [3.8, 4) is 5.75 Å². The van der Waals surface area contributed by atoms with Crippen LogP contribution in [-0.4, -0.2) is 62.9 Å². The van der Waals surface area contributed by atoms with Crippen molar-refractivity contribution in [3.05, 3.63) is 101 Å². The molecule has 0 spiro atoms. The first-order chi connectivity index (χ1) is 20.0. The molecule has 1 aliphatic rings. The van der Waals surface area contributed by atoms with E-state index in [9.17, 15) is 13.2 Å². The van der Waals surface area contributed by atoms with Crippen molar-refractivity contribution < 1.29 is 32.0 Å². The molecule has 0 aliphatic carbocycles. The third kappa shape index (κ3) is 12.3. The van der Waals surface area contributed by atoms with Gasteiger partial charge in [-0.2, -0.15) is 8.42 Å². The molecule has 0 radical (unpaired) electrons. The van der Waals surface area contributed by atoms with Gasteiger partial charge in [0.2, 0.25) is 0 Å². The van der Waals surface area contributed by atoms with Crippen molar-refractivity contribution >= 4 is 16.1 Å². The summed E-state index contributed by atoms with van der Waals surface area (Å²) in [5.41, 5.74) is 4.58. The maximum atomic E-state index is 12.6. The number of carbonyl (C=O) groups is 1. The highest BCUT2D eigenvalue weighted by molar-refractivity contribution is 7.85. The van der Waals surface area contributed by atoms with Gasteiger partial charge in [-0.15, -0.1) is 0 Å². The predicted octanol–water partition coefficient (Wildman–Crippen LogP) is 5.69. The second-order valence-corrected chi connectivity index (χ2v) is 12.4. The lowest BCUT2D eigenvalue weighted by molar-refractivity contribution is -0.146. The summed E-state index contributed by atoms with van der Waals surface area (Å²) in [6.07, 6.45) is 1.76. The molecule has 1 saturated heterocycles. The molecule has 8 nitrogen and oxygen atoms in total. The van der Waals surface area contributed by atoms with Crippen LogP contribution in [0.1, 0.15) is 55.0 Å². The summed E-state index contributed by atoms with van der Waals surface area (Å²) in [4.78, 5) is 14.9. The largest absolute Gasteiger partial charge is 0.489 e. The van der Waals surface area contributed by atoms with Crippen LogP contribution in [0, 0.1) is 5.92 Å². The molecule has 0 amide bonds. The molecule has 228 valence electrons. The van der Waals surface area contributed by atoms with Crippen LogP contribution in [0.25, 0.3) is 0 Å². The Morgan fingerprint density at radius 2 is 1.62 bits per heavy atom. The van der Waals surface area contributed by atoms with Crippen molar-refractivity contribution in [2.24, 2.45) is 5.92 Å². The summed E-state index contributed by atoms with van der Waals surface area (Å²) >= 11 is 0. The molecule has 0 aromatic heterocycles. The standard InChI is InChI=1S/C32H39NO4.CH4O3S/c1-24(2)21-26-9-11-28(12-10-26)25(3)32(34)36-20-18-33-17-19-35-31(22-33)29-13-15-30(16-14-29)37-23-27-7-5-4-6-8-27;1-5(2,3)4/h4-16,24-25,31H,17-23H2,1-3H3;1H3,(H,2,3,4). The Balaban J connectivity index is 0.000000892. The minimum absolute atomic E-state index is 0.00379. The van der Waals surface area contributed by atoms with E-state index in [0.717, 1.165) is 42.0 Å². The van der Waals surface area contributed by atoms with Crippen LogP contribution in [0.3, 0.4) is 0 Å². The first-order valence-electron chi connectivity index (χ1n) is 14.3. The molecule has 0 bridgehead atoms. The molecule has 1 fully saturated rings. The molecule has 2 atom stereocenters. The molecule has 2 unspecified atom stereocenters. The lowest BCUT2D eigenvalue weighted by Crippen LogP contribution is -2.40. The van der Waals surface area contributed by atoms with Crippen molar-refractivity contribution in [2.75, 3.05) is 39.1 Å². The van der Waals surface area contributed by atoms with Crippen LogP contribution >= 0.6 is 0 Å². The van der Waals surface area contributed by atoms with Gasteiger partial charge in [0.05, 0.1) is 24.9 Å². The van der Waals surface area contributed by atoms with Crippen molar-refractivity contribution in [3.63, 3.8) is 0 Å². The van der Waals surface area contributed by atoms with Crippen LogP contribution in [0.2, 0.25) is 0 Å². The smallest absolute Gasteiger partial charge is 0.313 e. The molecular weight excluding hydrogens is 554 g/mol. The Morgan fingerprint density at radius 3 is 2.24 bits per heavy atom. The highest BCUT2D eigenvalue weighted by atomic mass is 32.2. The number of rotatable bonds is 11. The lowest BCUT2D eigenvalue weighted by atomic mass is 9.97. The lowest BCUT2D eigenvalue weighted by Gasteiger charge is -2.33. The van der Waals surface area contributed by atoms with Gasteiger partial charge in [-0.3, -0.25) is 14.2 Å². The van der Waals surface area contributed by atoms with Crippen molar-refractivity contribution in [1.82, 2.24) is 4.90 Å². The normalized spacial score (nSPS) is 16.3. The molecular formula is C33H43NO7S. The average Bonchev–Trinajstić information content (AvgIpc) is 2.96. The molecule has 4 rings (SSSR count). The minimum atomic E-state index is -3.67. The highest BCUT2D eigenvalue weighted by Gasteiger charge is 2.23. The van der Waals surface area contributed by atoms with Crippen LogP contribution < -0.4 is 4.74 Å². The van der Waals surface area contributed by atoms with E-state index >= 15 is 0 Å². The number of benzene rings is 3. The number of carbonyl (C=O) groups excluding carboxylic acids is 1. The van der Waals surface area contributed by atoms with Gasteiger partial charge in [-0.05, 0) is 53.6 Å². The van der Waals surface area contributed by atoms with Gasteiger partial charge in [0.25, 0.3) is 10.1 Å². The maximum absolute atomic E-state index is 12.6.